The minimum atomic E-state index is 0.552. The van der Waals surface area contributed by atoms with E-state index >= 15 is 0 Å². The quantitative estimate of drug-likeness (QED) is 0.430. The maximum absolute atomic E-state index is 10.6. The van der Waals surface area contributed by atoms with Gasteiger partial charge in [0.15, 0.2) is 6.29 Å². The van der Waals surface area contributed by atoms with Gasteiger partial charge < -0.3 is 5.73 Å². The molecule has 0 bridgehead atoms. The van der Waals surface area contributed by atoms with Gasteiger partial charge in [-0.3, -0.25) is 4.79 Å². The van der Waals surface area contributed by atoms with Gasteiger partial charge in [-0.05, 0) is 17.5 Å². The number of rotatable bonds is 1. The molecule has 0 unspecified atom stereocenters. The Morgan fingerprint density at radius 1 is 1.54 bits per heavy atom. The fourth-order valence-electron chi connectivity index (χ4n) is 1.25. The van der Waals surface area contributed by atoms with Crippen LogP contribution in [-0.2, 0) is 0 Å². The zero-order valence-electron chi connectivity index (χ0n) is 6.65. The summed E-state index contributed by atoms with van der Waals surface area (Å²) in [5, 5.41) is 2.91. The highest BCUT2D eigenvalue weighted by atomic mass is 32.1. The molecule has 0 saturated carbocycles. The molecule has 1 heterocycles. The summed E-state index contributed by atoms with van der Waals surface area (Å²) in [6, 6.07) is 3.59. The van der Waals surface area contributed by atoms with E-state index in [1.54, 1.807) is 17.4 Å². The van der Waals surface area contributed by atoms with Crippen molar-refractivity contribution in [3.05, 3.63) is 23.1 Å². The van der Waals surface area contributed by atoms with Crippen LogP contribution in [0.15, 0.2) is 22.4 Å². The van der Waals surface area contributed by atoms with Crippen LogP contribution in [0.3, 0.4) is 0 Å². The van der Waals surface area contributed by atoms with E-state index in [-0.39, 0.29) is 0 Å². The Bertz CT molecular complexity index is 476. The summed E-state index contributed by atoms with van der Waals surface area (Å²) >= 11 is 5.82. The number of hydrogen-bond acceptors (Lipinski definition) is 4. The van der Waals surface area contributed by atoms with Crippen LogP contribution in [-0.4, -0.2) is 6.29 Å². The lowest BCUT2D eigenvalue weighted by Crippen LogP contribution is -1.90. The summed E-state index contributed by atoms with van der Waals surface area (Å²) in [5.74, 6) is 0. The van der Waals surface area contributed by atoms with Crippen LogP contribution in [0, 0.1) is 0 Å². The number of carbonyl (C=O) groups is 1. The van der Waals surface area contributed by atoms with E-state index in [2.05, 4.69) is 12.6 Å². The Hall–Kier alpha value is -1.00. The van der Waals surface area contributed by atoms with E-state index in [0.29, 0.717) is 16.1 Å². The number of nitrogen functional groups attached to an aromatic ring is 1. The Morgan fingerprint density at radius 2 is 2.31 bits per heavy atom. The first-order valence-corrected chi connectivity index (χ1v) is 5.00. The van der Waals surface area contributed by atoms with E-state index in [1.807, 2.05) is 11.4 Å². The number of aldehydes is 1. The second kappa shape index (κ2) is 3.05. The minimum Gasteiger partial charge on any atom is -0.398 e. The van der Waals surface area contributed by atoms with Gasteiger partial charge in [-0.15, -0.1) is 24.0 Å². The summed E-state index contributed by atoms with van der Waals surface area (Å²) in [6.45, 7) is 0. The molecule has 0 aliphatic rings. The SMILES string of the molecule is Nc1cc(C=O)c(S)c2sccc12. The molecule has 1 aromatic heterocycles. The lowest BCUT2D eigenvalue weighted by atomic mass is 10.1. The third-order valence-electron chi connectivity index (χ3n) is 1.90. The molecule has 2 aromatic rings. The van der Waals surface area contributed by atoms with E-state index in [0.717, 1.165) is 16.4 Å². The topological polar surface area (TPSA) is 43.1 Å². The molecule has 0 saturated heterocycles. The normalized spacial score (nSPS) is 10.5. The van der Waals surface area contributed by atoms with Crippen molar-refractivity contribution in [2.75, 3.05) is 5.73 Å². The van der Waals surface area contributed by atoms with Crippen LogP contribution in [0.5, 0.6) is 0 Å². The maximum atomic E-state index is 10.6. The van der Waals surface area contributed by atoms with Crippen molar-refractivity contribution >= 4 is 46.0 Å². The van der Waals surface area contributed by atoms with Gasteiger partial charge in [-0.1, -0.05) is 0 Å². The minimum absolute atomic E-state index is 0.552. The molecule has 2 N–H and O–H groups in total. The number of nitrogens with two attached hydrogens (primary N) is 1. The molecule has 0 aliphatic carbocycles. The molecular formula is C9H7NOS2. The Labute approximate surface area is 84.8 Å². The number of carbonyl (C=O) groups excluding carboxylic acids is 1. The molecule has 0 spiro atoms. The van der Waals surface area contributed by atoms with E-state index < -0.39 is 0 Å². The van der Waals surface area contributed by atoms with Crippen molar-refractivity contribution in [2.24, 2.45) is 0 Å². The van der Waals surface area contributed by atoms with Gasteiger partial charge in [0.05, 0.1) is 4.70 Å². The molecule has 0 amide bonds. The van der Waals surface area contributed by atoms with Crippen molar-refractivity contribution < 1.29 is 4.79 Å². The predicted molar refractivity (Wildman–Crippen MR) is 58.9 cm³/mol. The van der Waals surface area contributed by atoms with Crippen LogP contribution >= 0.6 is 24.0 Å². The number of benzene rings is 1. The molecule has 4 heteroatoms. The Morgan fingerprint density at radius 3 is 3.00 bits per heavy atom. The van der Waals surface area contributed by atoms with Crippen molar-refractivity contribution in [3.63, 3.8) is 0 Å². The van der Waals surface area contributed by atoms with Gasteiger partial charge in [0.1, 0.15) is 0 Å². The van der Waals surface area contributed by atoms with Crippen LogP contribution in [0.25, 0.3) is 10.1 Å². The molecule has 0 radical (unpaired) electrons. The molecular weight excluding hydrogens is 202 g/mol. The highest BCUT2D eigenvalue weighted by Gasteiger charge is 2.07. The zero-order chi connectivity index (χ0) is 9.42. The third-order valence-corrected chi connectivity index (χ3v) is 3.47. The average molecular weight is 209 g/mol. The summed E-state index contributed by atoms with van der Waals surface area (Å²) in [4.78, 5) is 11.4. The fourth-order valence-corrected chi connectivity index (χ4v) is 2.53. The van der Waals surface area contributed by atoms with Crippen LogP contribution in [0.2, 0.25) is 0 Å². The highest BCUT2D eigenvalue weighted by Crippen LogP contribution is 2.33. The fraction of sp³-hybridized carbons (Fsp3) is 0. The van der Waals surface area contributed by atoms with Crippen LogP contribution < -0.4 is 5.73 Å². The predicted octanol–water partition coefficient (Wildman–Crippen LogP) is 2.58. The first-order chi connectivity index (χ1) is 6.24. The standard InChI is InChI=1S/C9H7NOS2/c10-7-3-5(4-11)8(12)9-6(7)1-2-13-9/h1-4,12H,10H2. The summed E-state index contributed by atoms with van der Waals surface area (Å²) in [7, 11) is 0. The molecule has 2 nitrogen and oxygen atoms in total. The smallest absolute Gasteiger partial charge is 0.151 e. The Kier molecular flexibility index (Phi) is 2.01. The van der Waals surface area contributed by atoms with Crippen molar-refractivity contribution in [1.82, 2.24) is 0 Å². The van der Waals surface area contributed by atoms with Gasteiger partial charge in [0, 0.05) is 21.5 Å². The summed E-state index contributed by atoms with van der Waals surface area (Å²) < 4.78 is 0.977. The molecule has 1 aromatic carbocycles. The largest absolute Gasteiger partial charge is 0.398 e. The Balaban J connectivity index is 2.93. The molecule has 13 heavy (non-hydrogen) atoms. The second-order valence-corrected chi connectivity index (χ2v) is 4.05. The summed E-state index contributed by atoms with van der Waals surface area (Å²) in [5.41, 5.74) is 6.95. The molecule has 2 rings (SSSR count). The van der Waals surface area contributed by atoms with Gasteiger partial charge >= 0.3 is 0 Å². The van der Waals surface area contributed by atoms with E-state index in [4.69, 9.17) is 5.73 Å². The van der Waals surface area contributed by atoms with Crippen molar-refractivity contribution in [2.45, 2.75) is 4.90 Å². The van der Waals surface area contributed by atoms with E-state index in [9.17, 15) is 4.79 Å². The summed E-state index contributed by atoms with van der Waals surface area (Å²) in [6.07, 6.45) is 0.776. The van der Waals surface area contributed by atoms with Gasteiger partial charge in [-0.2, -0.15) is 0 Å². The molecule has 0 fully saturated rings. The number of anilines is 1. The first-order valence-electron chi connectivity index (χ1n) is 3.68. The average Bonchev–Trinajstić information content (AvgIpc) is 2.60. The molecule has 66 valence electrons. The lowest BCUT2D eigenvalue weighted by Gasteiger charge is -2.02. The number of hydrogen-bond donors (Lipinski definition) is 2. The van der Waals surface area contributed by atoms with Gasteiger partial charge in [0.2, 0.25) is 0 Å². The number of thiol groups is 1. The van der Waals surface area contributed by atoms with Crippen LogP contribution in [0.4, 0.5) is 5.69 Å². The van der Waals surface area contributed by atoms with Crippen molar-refractivity contribution in [3.8, 4) is 0 Å². The second-order valence-electron chi connectivity index (χ2n) is 2.68. The maximum Gasteiger partial charge on any atom is 0.151 e. The molecule has 0 aliphatic heterocycles. The van der Waals surface area contributed by atoms with Gasteiger partial charge in [0.25, 0.3) is 0 Å². The van der Waals surface area contributed by atoms with Crippen molar-refractivity contribution in [1.29, 1.82) is 0 Å². The monoisotopic (exact) mass is 209 g/mol. The van der Waals surface area contributed by atoms with Crippen LogP contribution in [0.1, 0.15) is 10.4 Å². The molecule has 0 atom stereocenters. The first kappa shape index (κ1) is 8.59. The lowest BCUT2D eigenvalue weighted by molar-refractivity contribution is 0.112. The number of fused-ring (bicyclic) bond motifs is 1. The van der Waals surface area contributed by atoms with Gasteiger partial charge in [-0.25, -0.2) is 0 Å². The zero-order valence-corrected chi connectivity index (χ0v) is 8.36. The highest BCUT2D eigenvalue weighted by molar-refractivity contribution is 7.80. The van der Waals surface area contributed by atoms with E-state index in [1.165, 1.54) is 0 Å². The third kappa shape index (κ3) is 1.22. The number of thiophene rings is 1.